The summed E-state index contributed by atoms with van der Waals surface area (Å²) in [5.41, 5.74) is 0.195. The van der Waals surface area contributed by atoms with Gasteiger partial charge in [-0.25, -0.2) is 0 Å². The predicted molar refractivity (Wildman–Crippen MR) is 74.0 cm³/mol. The predicted octanol–water partition coefficient (Wildman–Crippen LogP) is 1.74. The molecule has 3 fully saturated rings. The molecule has 4 nitrogen and oxygen atoms in total. The van der Waals surface area contributed by atoms with E-state index in [0.717, 1.165) is 25.8 Å². The molecule has 4 heteroatoms. The second-order valence-electron chi connectivity index (χ2n) is 6.49. The fourth-order valence-electron chi connectivity index (χ4n) is 3.46. The minimum Gasteiger partial charge on any atom is -0.370 e. The van der Waals surface area contributed by atoms with Crippen molar-refractivity contribution >= 4 is 5.91 Å². The van der Waals surface area contributed by atoms with E-state index >= 15 is 0 Å². The first-order valence-corrected chi connectivity index (χ1v) is 7.94. The maximum atomic E-state index is 11.5. The molecule has 0 aromatic carbocycles. The van der Waals surface area contributed by atoms with Gasteiger partial charge in [-0.05, 0) is 38.5 Å². The monoisotopic (exact) mass is 266 g/mol. The Labute approximate surface area is 115 Å². The van der Waals surface area contributed by atoms with Crippen LogP contribution in [0.4, 0.5) is 0 Å². The lowest BCUT2D eigenvalue weighted by atomic mass is 9.83. The molecule has 1 atom stereocenters. The highest BCUT2D eigenvalue weighted by Gasteiger charge is 2.40. The molecule has 1 amide bonds. The average Bonchev–Trinajstić information content (AvgIpc) is 3.13. The largest absolute Gasteiger partial charge is 0.370 e. The summed E-state index contributed by atoms with van der Waals surface area (Å²) in [6, 6.07) is 0.461. The highest BCUT2D eigenvalue weighted by atomic mass is 16.5. The van der Waals surface area contributed by atoms with Crippen molar-refractivity contribution in [2.45, 2.75) is 75.5 Å². The third kappa shape index (κ3) is 3.69. The normalized spacial score (nSPS) is 29.6. The van der Waals surface area contributed by atoms with Gasteiger partial charge in [0.15, 0.2) is 0 Å². The van der Waals surface area contributed by atoms with E-state index in [2.05, 4.69) is 10.6 Å². The summed E-state index contributed by atoms with van der Waals surface area (Å²) >= 11 is 0. The van der Waals surface area contributed by atoms with Gasteiger partial charge in [-0.15, -0.1) is 0 Å². The molecule has 1 heterocycles. The van der Waals surface area contributed by atoms with Gasteiger partial charge in [0.2, 0.25) is 5.91 Å². The smallest absolute Gasteiger partial charge is 0.234 e. The Kier molecular flexibility index (Phi) is 4.08. The fraction of sp³-hybridized carbons (Fsp3) is 0.933. The molecule has 1 aliphatic heterocycles. The molecule has 3 rings (SSSR count). The number of rotatable bonds is 5. The molecule has 0 bridgehead atoms. The molecule has 108 valence electrons. The van der Waals surface area contributed by atoms with Crippen LogP contribution in [0.1, 0.15) is 57.8 Å². The van der Waals surface area contributed by atoms with Crippen molar-refractivity contribution in [2.75, 3.05) is 13.1 Å². The van der Waals surface area contributed by atoms with Crippen LogP contribution in [0.15, 0.2) is 0 Å². The van der Waals surface area contributed by atoms with Crippen LogP contribution in [-0.2, 0) is 9.53 Å². The van der Waals surface area contributed by atoms with Crippen LogP contribution in [0.25, 0.3) is 0 Å². The highest BCUT2D eigenvalue weighted by molar-refractivity contribution is 5.78. The summed E-state index contributed by atoms with van der Waals surface area (Å²) in [5.74, 6) is 0.132. The van der Waals surface area contributed by atoms with E-state index < -0.39 is 0 Å². The van der Waals surface area contributed by atoms with Crippen molar-refractivity contribution in [3.8, 4) is 0 Å². The summed E-state index contributed by atoms with van der Waals surface area (Å²) in [5, 5.41) is 6.24. The molecule has 1 unspecified atom stereocenters. The number of carbonyl (C=O) groups is 1. The molecule has 2 saturated carbocycles. The van der Waals surface area contributed by atoms with Crippen LogP contribution in [0.3, 0.4) is 0 Å². The average molecular weight is 266 g/mol. The van der Waals surface area contributed by atoms with Crippen LogP contribution < -0.4 is 10.6 Å². The van der Waals surface area contributed by atoms with Crippen LogP contribution in [0, 0.1) is 0 Å². The fourth-order valence-corrected chi connectivity index (χ4v) is 3.46. The van der Waals surface area contributed by atoms with Gasteiger partial charge in [0.05, 0.1) is 18.2 Å². The van der Waals surface area contributed by atoms with E-state index in [1.54, 1.807) is 0 Å². The Morgan fingerprint density at radius 2 is 1.89 bits per heavy atom. The first kappa shape index (κ1) is 13.4. The lowest BCUT2D eigenvalue weighted by molar-refractivity contribution is -0.120. The zero-order valence-corrected chi connectivity index (χ0v) is 11.7. The molecular weight excluding hydrogens is 240 g/mol. The molecular formula is C15H26N2O2. The first-order chi connectivity index (χ1) is 9.26. The van der Waals surface area contributed by atoms with Crippen LogP contribution in [0.2, 0.25) is 0 Å². The number of hydrogen-bond donors (Lipinski definition) is 2. The number of amides is 1. The second kappa shape index (κ2) is 5.80. The van der Waals surface area contributed by atoms with E-state index in [0.29, 0.717) is 18.7 Å². The number of ether oxygens (including phenoxy) is 1. The second-order valence-corrected chi connectivity index (χ2v) is 6.49. The molecule has 3 aliphatic rings. The standard InChI is InChI=1S/C15H26N2O2/c18-14(17-12-4-5-12)11-16-10-13-6-9-15(19-13)7-2-1-3-8-15/h12-13,16H,1-11H2,(H,17,18). The van der Waals surface area contributed by atoms with E-state index in [9.17, 15) is 4.79 Å². The van der Waals surface area contributed by atoms with E-state index in [1.165, 1.54) is 38.5 Å². The molecule has 0 aromatic heterocycles. The van der Waals surface area contributed by atoms with E-state index in [4.69, 9.17) is 4.74 Å². The van der Waals surface area contributed by atoms with E-state index in [-0.39, 0.29) is 11.5 Å². The Bertz CT molecular complexity index is 322. The third-order valence-electron chi connectivity index (χ3n) is 4.70. The quantitative estimate of drug-likeness (QED) is 0.797. The van der Waals surface area contributed by atoms with Gasteiger partial charge in [-0.3, -0.25) is 4.79 Å². The molecule has 1 spiro atoms. The highest BCUT2D eigenvalue weighted by Crippen LogP contribution is 2.41. The van der Waals surface area contributed by atoms with Gasteiger partial charge in [0, 0.05) is 12.6 Å². The first-order valence-electron chi connectivity index (χ1n) is 7.94. The lowest BCUT2D eigenvalue weighted by Crippen LogP contribution is -2.39. The van der Waals surface area contributed by atoms with Crippen LogP contribution in [-0.4, -0.2) is 36.7 Å². The number of hydrogen-bond acceptors (Lipinski definition) is 3. The number of nitrogens with one attached hydrogen (secondary N) is 2. The summed E-state index contributed by atoms with van der Waals surface area (Å²) in [6.45, 7) is 1.25. The molecule has 2 aliphatic carbocycles. The van der Waals surface area contributed by atoms with Crippen molar-refractivity contribution in [2.24, 2.45) is 0 Å². The Morgan fingerprint density at radius 1 is 1.11 bits per heavy atom. The summed E-state index contributed by atoms with van der Waals surface area (Å²) in [4.78, 5) is 11.5. The van der Waals surface area contributed by atoms with Gasteiger partial charge in [0.1, 0.15) is 0 Å². The van der Waals surface area contributed by atoms with Crippen molar-refractivity contribution in [1.29, 1.82) is 0 Å². The summed E-state index contributed by atoms with van der Waals surface area (Å²) in [7, 11) is 0. The Morgan fingerprint density at radius 3 is 2.63 bits per heavy atom. The third-order valence-corrected chi connectivity index (χ3v) is 4.70. The van der Waals surface area contributed by atoms with Crippen LogP contribution >= 0.6 is 0 Å². The zero-order chi connectivity index (χ0) is 13.1. The van der Waals surface area contributed by atoms with Gasteiger partial charge in [-0.1, -0.05) is 19.3 Å². The molecule has 1 saturated heterocycles. The van der Waals surface area contributed by atoms with Crippen molar-refractivity contribution < 1.29 is 9.53 Å². The molecule has 19 heavy (non-hydrogen) atoms. The number of carbonyl (C=O) groups excluding carboxylic acids is 1. The van der Waals surface area contributed by atoms with Crippen molar-refractivity contribution in [3.63, 3.8) is 0 Å². The van der Waals surface area contributed by atoms with Gasteiger partial charge >= 0.3 is 0 Å². The Hall–Kier alpha value is -0.610. The summed E-state index contributed by atoms with van der Waals surface area (Å²) in [6.07, 6.45) is 11.5. The SMILES string of the molecule is O=C(CNCC1CCC2(CCCCC2)O1)NC1CC1. The zero-order valence-electron chi connectivity index (χ0n) is 11.7. The van der Waals surface area contributed by atoms with Crippen molar-refractivity contribution in [3.05, 3.63) is 0 Å². The van der Waals surface area contributed by atoms with Gasteiger partial charge in [-0.2, -0.15) is 0 Å². The maximum absolute atomic E-state index is 11.5. The molecule has 2 N–H and O–H groups in total. The van der Waals surface area contributed by atoms with Crippen molar-refractivity contribution in [1.82, 2.24) is 10.6 Å². The minimum absolute atomic E-state index is 0.132. The topological polar surface area (TPSA) is 50.4 Å². The Balaban J connectivity index is 1.33. The molecule has 0 radical (unpaired) electrons. The van der Waals surface area contributed by atoms with E-state index in [1.807, 2.05) is 0 Å². The minimum atomic E-state index is 0.132. The lowest BCUT2D eigenvalue weighted by Gasteiger charge is -2.33. The van der Waals surface area contributed by atoms with Gasteiger partial charge < -0.3 is 15.4 Å². The van der Waals surface area contributed by atoms with Crippen LogP contribution in [0.5, 0.6) is 0 Å². The molecule has 0 aromatic rings. The van der Waals surface area contributed by atoms with Gasteiger partial charge in [0.25, 0.3) is 0 Å². The summed E-state index contributed by atoms with van der Waals surface area (Å²) < 4.78 is 6.27. The maximum Gasteiger partial charge on any atom is 0.234 e.